The van der Waals surface area contributed by atoms with Crippen molar-refractivity contribution >= 4 is 23.2 Å². The molecule has 2 N–H and O–H groups in total. The van der Waals surface area contributed by atoms with Gasteiger partial charge in [0.1, 0.15) is 0 Å². The van der Waals surface area contributed by atoms with Gasteiger partial charge in [-0.25, -0.2) is 4.99 Å². The Hall–Kier alpha value is -2.94. The van der Waals surface area contributed by atoms with Crippen LogP contribution in [0.1, 0.15) is 10.4 Å². The van der Waals surface area contributed by atoms with Gasteiger partial charge < -0.3 is 29.7 Å². The summed E-state index contributed by atoms with van der Waals surface area (Å²) in [5.74, 6) is 2.18. The summed E-state index contributed by atoms with van der Waals surface area (Å²) in [4.78, 5) is 19.2. The Morgan fingerprint density at radius 1 is 1.10 bits per heavy atom. The summed E-state index contributed by atoms with van der Waals surface area (Å²) in [6.07, 6.45) is 0. The number of nitrogens with one attached hydrogen (secondary N) is 2. The molecule has 0 fully saturated rings. The topological polar surface area (TPSA) is 84.4 Å². The second-order valence-electron chi connectivity index (χ2n) is 6.27. The van der Waals surface area contributed by atoms with E-state index in [0.717, 1.165) is 5.56 Å². The van der Waals surface area contributed by atoms with Gasteiger partial charge >= 0.3 is 0 Å². The summed E-state index contributed by atoms with van der Waals surface area (Å²) < 4.78 is 16.1. The number of hydrogen-bond donors (Lipinski definition) is 2. The molecule has 29 heavy (non-hydrogen) atoms. The number of aliphatic imine (C=N–C) groups is 1. The number of methoxy groups -OCH3 is 3. The van der Waals surface area contributed by atoms with Crippen molar-refractivity contribution in [3.63, 3.8) is 0 Å². The van der Waals surface area contributed by atoms with Gasteiger partial charge in [-0.1, -0.05) is 6.07 Å². The molecule has 1 aromatic heterocycles. The van der Waals surface area contributed by atoms with Crippen LogP contribution in [0.4, 0.5) is 0 Å². The van der Waals surface area contributed by atoms with Crippen molar-refractivity contribution in [1.29, 1.82) is 0 Å². The molecular weight excluding hydrogens is 392 g/mol. The summed E-state index contributed by atoms with van der Waals surface area (Å²) in [6.45, 7) is 1.14. The van der Waals surface area contributed by atoms with E-state index in [0.29, 0.717) is 36.3 Å². The summed E-state index contributed by atoms with van der Waals surface area (Å²) in [5.41, 5.74) is 0.885. The average Bonchev–Trinajstić information content (AvgIpc) is 3.25. The van der Waals surface area contributed by atoms with Gasteiger partial charge in [-0.2, -0.15) is 0 Å². The van der Waals surface area contributed by atoms with E-state index in [2.05, 4.69) is 15.6 Å². The molecule has 0 spiro atoms. The maximum absolute atomic E-state index is 11.9. The maximum atomic E-state index is 11.9. The zero-order valence-electron chi connectivity index (χ0n) is 17.4. The molecule has 0 saturated carbocycles. The van der Waals surface area contributed by atoms with Crippen LogP contribution in [-0.4, -0.2) is 58.7 Å². The first-order valence-electron chi connectivity index (χ1n) is 9.02. The summed E-state index contributed by atoms with van der Waals surface area (Å²) >= 11 is 1.66. The number of carbonyl (C=O) groups excluding carboxylic acids is 1. The number of likely N-dealkylation sites (N-methyl/N-ethyl adjacent to an activating group) is 1. The Morgan fingerprint density at radius 3 is 2.31 bits per heavy atom. The van der Waals surface area contributed by atoms with Gasteiger partial charge in [-0.05, 0) is 29.1 Å². The number of amides is 1. The molecule has 0 aliphatic rings. The first-order chi connectivity index (χ1) is 14.0. The number of benzene rings is 1. The van der Waals surface area contributed by atoms with Crippen LogP contribution in [0.2, 0.25) is 0 Å². The molecule has 0 atom stereocenters. The van der Waals surface area contributed by atoms with Crippen LogP contribution in [-0.2, 0) is 17.9 Å². The quantitative estimate of drug-likeness (QED) is 0.477. The highest BCUT2D eigenvalue weighted by Gasteiger charge is 2.13. The van der Waals surface area contributed by atoms with Crippen molar-refractivity contribution in [1.82, 2.24) is 15.5 Å². The number of ether oxygens (including phenoxy) is 3. The summed E-state index contributed by atoms with van der Waals surface area (Å²) in [5, 5.41) is 8.36. The molecule has 1 heterocycles. The number of rotatable bonds is 9. The van der Waals surface area contributed by atoms with E-state index in [-0.39, 0.29) is 12.5 Å². The highest BCUT2D eigenvalue weighted by Crippen LogP contribution is 2.38. The fourth-order valence-electron chi connectivity index (χ4n) is 2.47. The fourth-order valence-corrected chi connectivity index (χ4v) is 3.12. The van der Waals surface area contributed by atoms with E-state index < -0.39 is 0 Å². The lowest BCUT2D eigenvalue weighted by atomic mass is 10.2. The van der Waals surface area contributed by atoms with E-state index in [9.17, 15) is 4.79 Å². The lowest BCUT2D eigenvalue weighted by Crippen LogP contribution is -2.42. The number of nitrogens with zero attached hydrogens (tertiary/aromatic N) is 2. The number of carbonyl (C=O) groups is 1. The lowest BCUT2D eigenvalue weighted by Gasteiger charge is -2.16. The Kier molecular flexibility index (Phi) is 8.60. The average molecular weight is 421 g/mol. The molecule has 2 rings (SSSR count). The number of thiophene rings is 1. The SMILES string of the molecule is COc1cc(CN=C(NCC(=O)N(C)C)NCc2cccs2)cc(OC)c1OC. The van der Waals surface area contributed by atoms with Crippen molar-refractivity contribution in [2.75, 3.05) is 42.0 Å². The van der Waals surface area contributed by atoms with Crippen molar-refractivity contribution in [2.45, 2.75) is 13.1 Å². The zero-order chi connectivity index (χ0) is 21.2. The summed E-state index contributed by atoms with van der Waals surface area (Å²) in [7, 11) is 8.15. The predicted molar refractivity (Wildman–Crippen MR) is 115 cm³/mol. The Bertz CT molecular complexity index is 797. The Morgan fingerprint density at radius 2 is 1.79 bits per heavy atom. The third kappa shape index (κ3) is 6.56. The van der Waals surface area contributed by atoms with Crippen LogP contribution in [0, 0.1) is 0 Å². The normalized spacial score (nSPS) is 11.0. The second kappa shape index (κ2) is 11.2. The molecule has 0 bridgehead atoms. The van der Waals surface area contributed by atoms with Gasteiger partial charge in [0.15, 0.2) is 17.5 Å². The van der Waals surface area contributed by atoms with Gasteiger partial charge in [-0.3, -0.25) is 4.79 Å². The van der Waals surface area contributed by atoms with E-state index in [4.69, 9.17) is 14.2 Å². The second-order valence-corrected chi connectivity index (χ2v) is 7.31. The molecule has 8 nitrogen and oxygen atoms in total. The minimum Gasteiger partial charge on any atom is -0.493 e. The highest BCUT2D eigenvalue weighted by atomic mass is 32.1. The van der Waals surface area contributed by atoms with E-state index >= 15 is 0 Å². The third-order valence-electron chi connectivity index (χ3n) is 4.06. The monoisotopic (exact) mass is 420 g/mol. The molecule has 0 saturated heterocycles. The van der Waals surface area contributed by atoms with Crippen LogP contribution in [0.5, 0.6) is 17.2 Å². The Balaban J connectivity index is 2.17. The van der Waals surface area contributed by atoms with Crippen molar-refractivity contribution in [3.05, 3.63) is 40.1 Å². The molecule has 0 aliphatic heterocycles. The largest absolute Gasteiger partial charge is 0.493 e. The van der Waals surface area contributed by atoms with Crippen LogP contribution < -0.4 is 24.8 Å². The van der Waals surface area contributed by atoms with Crippen molar-refractivity contribution in [3.8, 4) is 17.2 Å². The van der Waals surface area contributed by atoms with Gasteiger partial charge in [0.25, 0.3) is 0 Å². The molecule has 9 heteroatoms. The molecule has 0 unspecified atom stereocenters. The van der Waals surface area contributed by atoms with Gasteiger partial charge in [0, 0.05) is 19.0 Å². The Labute approximate surface area is 175 Å². The number of hydrogen-bond acceptors (Lipinski definition) is 6. The van der Waals surface area contributed by atoms with Crippen molar-refractivity contribution in [2.24, 2.45) is 4.99 Å². The van der Waals surface area contributed by atoms with E-state index in [1.54, 1.807) is 46.8 Å². The third-order valence-corrected chi connectivity index (χ3v) is 4.94. The van der Waals surface area contributed by atoms with Gasteiger partial charge in [-0.15, -0.1) is 11.3 Å². The maximum Gasteiger partial charge on any atom is 0.241 e. The minimum absolute atomic E-state index is 0.0385. The summed E-state index contributed by atoms with van der Waals surface area (Å²) in [6, 6.07) is 7.75. The number of guanidine groups is 1. The molecule has 0 radical (unpaired) electrons. The molecule has 158 valence electrons. The van der Waals surface area contributed by atoms with Crippen LogP contribution >= 0.6 is 11.3 Å². The first-order valence-corrected chi connectivity index (χ1v) is 9.90. The van der Waals surface area contributed by atoms with Crippen LogP contribution in [0.3, 0.4) is 0 Å². The molecule has 2 aromatic rings. The molecule has 1 amide bonds. The minimum atomic E-state index is -0.0385. The van der Waals surface area contributed by atoms with Crippen LogP contribution in [0.15, 0.2) is 34.6 Å². The first kappa shape index (κ1) is 22.4. The van der Waals surface area contributed by atoms with Crippen LogP contribution in [0.25, 0.3) is 0 Å². The molecular formula is C20H28N4O4S. The van der Waals surface area contributed by atoms with E-state index in [1.807, 2.05) is 29.6 Å². The molecule has 0 aliphatic carbocycles. The van der Waals surface area contributed by atoms with Gasteiger partial charge in [0.2, 0.25) is 11.7 Å². The lowest BCUT2D eigenvalue weighted by molar-refractivity contribution is -0.127. The highest BCUT2D eigenvalue weighted by molar-refractivity contribution is 7.09. The van der Waals surface area contributed by atoms with E-state index in [1.165, 1.54) is 9.78 Å². The predicted octanol–water partition coefficient (Wildman–Crippen LogP) is 2.10. The van der Waals surface area contributed by atoms with Crippen molar-refractivity contribution < 1.29 is 19.0 Å². The van der Waals surface area contributed by atoms with Gasteiger partial charge in [0.05, 0.1) is 41.0 Å². The zero-order valence-corrected chi connectivity index (χ0v) is 18.3. The molecule has 1 aromatic carbocycles. The fraction of sp³-hybridized carbons (Fsp3) is 0.400. The standard InChI is InChI=1S/C20H28N4O4S/c1-24(2)18(25)13-23-20(22-12-15-7-6-8-29-15)21-11-14-9-16(26-3)19(28-5)17(10-14)27-4/h6-10H,11-13H2,1-5H3,(H2,21,22,23). The smallest absolute Gasteiger partial charge is 0.241 e.